The Hall–Kier alpha value is -1.43. The van der Waals surface area contributed by atoms with Gasteiger partial charge in [0.15, 0.2) is 0 Å². The van der Waals surface area contributed by atoms with Crippen molar-refractivity contribution in [2.75, 3.05) is 0 Å². The summed E-state index contributed by atoms with van der Waals surface area (Å²) < 4.78 is 1.54. The summed E-state index contributed by atoms with van der Waals surface area (Å²) in [5, 5.41) is 14.4. The number of hydrogen-bond acceptors (Lipinski definition) is 4. The molecule has 70 valence electrons. The average Bonchev–Trinajstić information content (AvgIpc) is 2.60. The first kappa shape index (κ1) is 8.18. The van der Waals surface area contributed by atoms with Crippen LogP contribution in [0.15, 0.2) is 6.20 Å². The number of nitrogens with zero attached hydrogens (tertiary/aromatic N) is 3. The van der Waals surface area contributed by atoms with Crippen LogP contribution >= 0.6 is 0 Å². The molecule has 2 rings (SSSR count). The molecule has 1 heterocycles. The molecule has 2 N–H and O–H groups in total. The number of hydrogen-bond donors (Lipinski definition) is 1. The van der Waals surface area contributed by atoms with Gasteiger partial charge in [0.05, 0.1) is 4.92 Å². The summed E-state index contributed by atoms with van der Waals surface area (Å²) in [7, 11) is 1.70. The van der Waals surface area contributed by atoms with Crippen LogP contribution in [0.3, 0.4) is 0 Å². The van der Waals surface area contributed by atoms with Crippen molar-refractivity contribution in [2.24, 2.45) is 12.8 Å². The van der Waals surface area contributed by atoms with Crippen molar-refractivity contribution in [3.05, 3.63) is 22.0 Å². The molecule has 1 aromatic rings. The highest BCUT2D eigenvalue weighted by atomic mass is 16.6. The lowest BCUT2D eigenvalue weighted by atomic mass is 10.2. The number of nitro groups is 1. The van der Waals surface area contributed by atoms with Crippen molar-refractivity contribution in [1.82, 2.24) is 9.78 Å². The van der Waals surface area contributed by atoms with E-state index in [0.717, 1.165) is 6.42 Å². The Kier molecular flexibility index (Phi) is 1.59. The maximum atomic E-state index is 10.6. The van der Waals surface area contributed by atoms with Gasteiger partial charge in [-0.15, -0.1) is 0 Å². The largest absolute Gasteiger partial charge is 0.327 e. The van der Waals surface area contributed by atoms with Gasteiger partial charge in [0, 0.05) is 19.0 Å². The Morgan fingerprint density at radius 2 is 2.46 bits per heavy atom. The van der Waals surface area contributed by atoms with Gasteiger partial charge in [-0.2, -0.15) is 5.10 Å². The van der Waals surface area contributed by atoms with Crippen molar-refractivity contribution >= 4 is 5.69 Å². The number of aryl methyl sites for hydroxylation is 1. The summed E-state index contributed by atoms with van der Waals surface area (Å²) in [6.07, 6.45) is 2.10. The first-order valence-corrected chi connectivity index (χ1v) is 4.03. The van der Waals surface area contributed by atoms with E-state index < -0.39 is 4.92 Å². The van der Waals surface area contributed by atoms with Crippen LogP contribution in [0.1, 0.15) is 18.0 Å². The molecule has 0 saturated heterocycles. The monoisotopic (exact) mass is 182 g/mol. The second kappa shape index (κ2) is 2.53. The lowest BCUT2D eigenvalue weighted by Crippen LogP contribution is -2.06. The minimum Gasteiger partial charge on any atom is -0.327 e. The Morgan fingerprint density at radius 1 is 1.85 bits per heavy atom. The van der Waals surface area contributed by atoms with Crippen molar-refractivity contribution in [2.45, 2.75) is 18.4 Å². The Morgan fingerprint density at radius 3 is 2.92 bits per heavy atom. The van der Waals surface area contributed by atoms with Gasteiger partial charge in [-0.25, -0.2) is 0 Å². The number of nitrogens with two attached hydrogens (primary N) is 1. The van der Waals surface area contributed by atoms with Gasteiger partial charge >= 0.3 is 5.69 Å². The minimum atomic E-state index is -0.409. The molecule has 6 nitrogen and oxygen atoms in total. The molecule has 0 bridgehead atoms. The van der Waals surface area contributed by atoms with Crippen molar-refractivity contribution in [3.8, 4) is 0 Å². The van der Waals surface area contributed by atoms with E-state index in [-0.39, 0.29) is 17.6 Å². The van der Waals surface area contributed by atoms with Crippen LogP contribution < -0.4 is 5.73 Å². The molecule has 0 aromatic carbocycles. The van der Waals surface area contributed by atoms with Gasteiger partial charge in [0.1, 0.15) is 11.9 Å². The summed E-state index contributed by atoms with van der Waals surface area (Å²) >= 11 is 0. The van der Waals surface area contributed by atoms with Crippen LogP contribution in [-0.2, 0) is 7.05 Å². The second-order valence-electron chi connectivity index (χ2n) is 3.30. The molecule has 13 heavy (non-hydrogen) atoms. The third kappa shape index (κ3) is 1.19. The first-order chi connectivity index (χ1) is 6.11. The third-order valence-corrected chi connectivity index (χ3v) is 2.35. The van der Waals surface area contributed by atoms with Crippen LogP contribution in [0.25, 0.3) is 0 Å². The van der Waals surface area contributed by atoms with E-state index in [1.807, 2.05) is 0 Å². The SMILES string of the molecule is Cn1ncc([N+](=O)[O-])c1C1CC1N. The van der Waals surface area contributed by atoms with Gasteiger partial charge in [0.2, 0.25) is 0 Å². The molecule has 1 aromatic heterocycles. The third-order valence-electron chi connectivity index (χ3n) is 2.35. The zero-order valence-corrected chi connectivity index (χ0v) is 7.17. The maximum Gasteiger partial charge on any atom is 0.310 e. The standard InChI is InChI=1S/C7H10N4O2/c1-10-7(4-2-5(4)8)6(3-9-10)11(12)13/h3-5H,2,8H2,1H3. The van der Waals surface area contributed by atoms with Crippen LogP contribution in [0.2, 0.25) is 0 Å². The van der Waals surface area contributed by atoms with Crippen LogP contribution in [0.5, 0.6) is 0 Å². The molecule has 2 unspecified atom stereocenters. The first-order valence-electron chi connectivity index (χ1n) is 4.03. The van der Waals surface area contributed by atoms with Crippen molar-refractivity contribution < 1.29 is 4.92 Å². The molecular weight excluding hydrogens is 172 g/mol. The highest BCUT2D eigenvalue weighted by molar-refractivity contribution is 5.40. The van der Waals surface area contributed by atoms with E-state index in [2.05, 4.69) is 5.10 Å². The summed E-state index contributed by atoms with van der Waals surface area (Å²) in [5.74, 6) is 0.118. The lowest BCUT2D eigenvalue weighted by Gasteiger charge is -1.97. The smallest absolute Gasteiger partial charge is 0.310 e. The van der Waals surface area contributed by atoms with Crippen LogP contribution in [0, 0.1) is 10.1 Å². The quantitative estimate of drug-likeness (QED) is 0.520. The van der Waals surface area contributed by atoms with E-state index in [1.165, 1.54) is 10.9 Å². The maximum absolute atomic E-state index is 10.6. The van der Waals surface area contributed by atoms with Gasteiger partial charge in [-0.1, -0.05) is 0 Å². The van der Waals surface area contributed by atoms with E-state index in [1.54, 1.807) is 7.05 Å². The molecule has 1 aliphatic rings. The van der Waals surface area contributed by atoms with Crippen LogP contribution in [-0.4, -0.2) is 20.7 Å². The second-order valence-corrected chi connectivity index (χ2v) is 3.30. The normalized spacial score (nSPS) is 26.0. The van der Waals surface area contributed by atoms with Gasteiger partial charge in [-0.3, -0.25) is 14.8 Å². The fourth-order valence-corrected chi connectivity index (χ4v) is 1.54. The van der Waals surface area contributed by atoms with E-state index in [9.17, 15) is 10.1 Å². The molecule has 6 heteroatoms. The lowest BCUT2D eigenvalue weighted by molar-refractivity contribution is -0.385. The summed E-state index contributed by atoms with van der Waals surface area (Å²) in [5.41, 5.74) is 6.37. The number of rotatable bonds is 2. The predicted molar refractivity (Wildman–Crippen MR) is 45.2 cm³/mol. The molecule has 1 fully saturated rings. The van der Waals surface area contributed by atoms with Gasteiger partial charge in [0.25, 0.3) is 0 Å². The summed E-state index contributed by atoms with van der Waals surface area (Å²) in [6.45, 7) is 0. The Bertz CT molecular complexity index is 359. The highest BCUT2D eigenvalue weighted by Crippen LogP contribution is 2.42. The van der Waals surface area contributed by atoms with Gasteiger partial charge < -0.3 is 5.73 Å². The molecule has 2 atom stereocenters. The summed E-state index contributed by atoms with van der Waals surface area (Å²) in [6, 6.07) is 0.0640. The van der Waals surface area contributed by atoms with Crippen LogP contribution in [0.4, 0.5) is 5.69 Å². The highest BCUT2D eigenvalue weighted by Gasteiger charge is 2.42. The Labute approximate surface area is 74.5 Å². The topological polar surface area (TPSA) is 87.0 Å². The molecule has 0 spiro atoms. The molecule has 1 aliphatic carbocycles. The fourth-order valence-electron chi connectivity index (χ4n) is 1.54. The zero-order valence-electron chi connectivity index (χ0n) is 7.17. The fraction of sp³-hybridized carbons (Fsp3) is 0.571. The van der Waals surface area contributed by atoms with Crippen molar-refractivity contribution in [1.29, 1.82) is 0 Å². The molecular formula is C7H10N4O2. The zero-order chi connectivity index (χ0) is 9.59. The molecule has 0 radical (unpaired) electrons. The molecule has 0 amide bonds. The number of aromatic nitrogens is 2. The van der Waals surface area contributed by atoms with E-state index in [4.69, 9.17) is 5.73 Å². The average molecular weight is 182 g/mol. The minimum absolute atomic E-state index is 0.0640. The molecule has 0 aliphatic heterocycles. The predicted octanol–water partition coefficient (Wildman–Crippen LogP) is 0.143. The van der Waals surface area contributed by atoms with Gasteiger partial charge in [-0.05, 0) is 6.42 Å². The van der Waals surface area contributed by atoms with E-state index >= 15 is 0 Å². The van der Waals surface area contributed by atoms with Crippen molar-refractivity contribution in [3.63, 3.8) is 0 Å². The summed E-state index contributed by atoms with van der Waals surface area (Å²) in [4.78, 5) is 10.2. The Balaban J connectivity index is 2.41. The van der Waals surface area contributed by atoms with E-state index in [0.29, 0.717) is 5.69 Å². The molecule has 1 saturated carbocycles.